The summed E-state index contributed by atoms with van der Waals surface area (Å²) in [5.74, 6) is 0.409. The molecule has 150 valence electrons. The van der Waals surface area contributed by atoms with Crippen LogP contribution in [0.5, 0.6) is 5.75 Å². The largest absolute Gasteiger partial charge is 0.483 e. The first-order chi connectivity index (χ1) is 13.3. The summed E-state index contributed by atoms with van der Waals surface area (Å²) in [7, 11) is -3.09. The van der Waals surface area contributed by atoms with Crippen LogP contribution in [0, 0.1) is 5.92 Å². The smallest absolute Gasteiger partial charge is 0.260 e. The molecule has 2 aromatic carbocycles. The molecule has 1 aliphatic heterocycles. The number of sulfone groups is 1. The maximum absolute atomic E-state index is 12.8. The molecule has 0 aromatic heterocycles. The van der Waals surface area contributed by atoms with Crippen molar-refractivity contribution in [2.75, 3.05) is 24.7 Å². The van der Waals surface area contributed by atoms with Crippen LogP contribution in [-0.2, 0) is 14.6 Å². The number of fused-ring (bicyclic) bond motifs is 1. The first kappa shape index (κ1) is 20.3. The Morgan fingerprint density at radius 2 is 2.00 bits per heavy atom. The van der Waals surface area contributed by atoms with Gasteiger partial charge in [0.2, 0.25) is 0 Å². The lowest BCUT2D eigenvalue weighted by atomic mass is 10.0. The van der Waals surface area contributed by atoms with E-state index < -0.39 is 9.84 Å². The number of hydrogen-bond donors (Lipinski definition) is 0. The topological polar surface area (TPSA) is 80.8 Å². The Labute approximate surface area is 165 Å². The van der Waals surface area contributed by atoms with Crippen LogP contribution in [0.15, 0.2) is 36.4 Å². The molecular weight excluding hydrogens is 378 g/mol. The first-order valence-electron chi connectivity index (χ1n) is 9.40. The molecule has 2 aromatic rings. The van der Waals surface area contributed by atoms with E-state index in [-0.39, 0.29) is 36.0 Å². The maximum atomic E-state index is 12.8. The van der Waals surface area contributed by atoms with E-state index in [9.17, 15) is 18.0 Å². The normalized spacial score (nSPS) is 18.3. The van der Waals surface area contributed by atoms with Crippen LogP contribution in [0.1, 0.15) is 30.6 Å². The van der Waals surface area contributed by atoms with Gasteiger partial charge >= 0.3 is 0 Å². The van der Waals surface area contributed by atoms with E-state index in [0.717, 1.165) is 17.1 Å². The number of rotatable bonds is 7. The van der Waals surface area contributed by atoms with Crippen LogP contribution >= 0.6 is 0 Å². The second-order valence-electron chi connectivity index (χ2n) is 7.60. The van der Waals surface area contributed by atoms with Gasteiger partial charge in [0.15, 0.2) is 22.7 Å². The van der Waals surface area contributed by atoms with E-state index in [1.807, 2.05) is 44.2 Å². The third kappa shape index (κ3) is 4.52. The quantitative estimate of drug-likeness (QED) is 0.664. The number of ether oxygens (including phenoxy) is 1. The summed E-state index contributed by atoms with van der Waals surface area (Å²) in [5, 5.41) is 1.68. The molecule has 1 saturated heterocycles. The van der Waals surface area contributed by atoms with Gasteiger partial charge in [-0.2, -0.15) is 0 Å². The van der Waals surface area contributed by atoms with E-state index in [4.69, 9.17) is 4.74 Å². The van der Waals surface area contributed by atoms with E-state index in [2.05, 4.69) is 0 Å². The van der Waals surface area contributed by atoms with Crippen molar-refractivity contribution in [3.8, 4) is 5.75 Å². The summed E-state index contributed by atoms with van der Waals surface area (Å²) < 4.78 is 29.4. The number of carbonyl (C=O) groups is 2. The molecule has 1 fully saturated rings. The predicted octanol–water partition coefficient (Wildman–Crippen LogP) is 2.70. The fourth-order valence-electron chi connectivity index (χ4n) is 3.61. The van der Waals surface area contributed by atoms with Gasteiger partial charge in [0.25, 0.3) is 5.91 Å². The fourth-order valence-corrected chi connectivity index (χ4v) is 5.35. The number of carbonyl (C=O) groups excluding carboxylic acids is 2. The minimum Gasteiger partial charge on any atom is -0.483 e. The molecule has 0 bridgehead atoms. The lowest BCUT2D eigenvalue weighted by Crippen LogP contribution is -2.45. The third-order valence-corrected chi connectivity index (χ3v) is 6.68. The van der Waals surface area contributed by atoms with Gasteiger partial charge in [0, 0.05) is 12.6 Å². The molecule has 0 N–H and O–H groups in total. The van der Waals surface area contributed by atoms with Crippen LogP contribution in [0.25, 0.3) is 10.8 Å². The molecule has 1 amide bonds. The molecule has 0 radical (unpaired) electrons. The van der Waals surface area contributed by atoms with Crippen LogP contribution in [-0.4, -0.2) is 56.2 Å². The minimum absolute atomic E-state index is 0.00101. The van der Waals surface area contributed by atoms with Crippen molar-refractivity contribution >= 4 is 32.8 Å². The second-order valence-corrected chi connectivity index (χ2v) is 9.83. The van der Waals surface area contributed by atoms with Crippen LogP contribution in [0.3, 0.4) is 0 Å². The highest BCUT2D eigenvalue weighted by molar-refractivity contribution is 7.91. The molecule has 1 aliphatic rings. The molecule has 0 unspecified atom stereocenters. The monoisotopic (exact) mass is 403 g/mol. The van der Waals surface area contributed by atoms with Gasteiger partial charge < -0.3 is 9.64 Å². The molecular formula is C21H25NO5S. The van der Waals surface area contributed by atoms with Gasteiger partial charge in [0.05, 0.1) is 17.1 Å². The average Bonchev–Trinajstić information content (AvgIpc) is 3.02. The summed E-state index contributed by atoms with van der Waals surface area (Å²) in [6, 6.07) is 10.7. The zero-order chi connectivity index (χ0) is 20.3. The van der Waals surface area contributed by atoms with Crippen molar-refractivity contribution in [2.24, 2.45) is 5.92 Å². The lowest BCUT2D eigenvalue weighted by Gasteiger charge is -2.30. The number of hydrogen-bond acceptors (Lipinski definition) is 5. The molecule has 1 heterocycles. The highest BCUT2D eigenvalue weighted by atomic mass is 32.2. The Morgan fingerprint density at radius 3 is 2.64 bits per heavy atom. The molecule has 1 atom stereocenters. The molecule has 0 saturated carbocycles. The molecule has 0 aliphatic carbocycles. The van der Waals surface area contributed by atoms with Crippen molar-refractivity contribution in [1.29, 1.82) is 0 Å². The Bertz CT molecular complexity index is 983. The van der Waals surface area contributed by atoms with Crippen LogP contribution < -0.4 is 4.74 Å². The molecule has 3 rings (SSSR count). The van der Waals surface area contributed by atoms with Gasteiger partial charge in [-0.1, -0.05) is 44.2 Å². The third-order valence-electron chi connectivity index (χ3n) is 4.93. The minimum atomic E-state index is -3.09. The number of aldehydes is 1. The Hall–Kier alpha value is -2.41. The molecule has 6 nitrogen and oxygen atoms in total. The van der Waals surface area contributed by atoms with Crippen molar-refractivity contribution < 1.29 is 22.7 Å². The number of amides is 1. The predicted molar refractivity (Wildman–Crippen MR) is 108 cm³/mol. The first-order valence-corrected chi connectivity index (χ1v) is 11.2. The van der Waals surface area contributed by atoms with Gasteiger partial charge in [0.1, 0.15) is 5.75 Å². The SMILES string of the molecule is CC(C)CN(C(=O)COc1ccc2ccccc2c1C=O)[C@H]1CCS(=O)(=O)C1. The van der Waals surface area contributed by atoms with Crippen LogP contribution in [0.4, 0.5) is 0 Å². The fraction of sp³-hybridized carbons (Fsp3) is 0.429. The van der Waals surface area contributed by atoms with E-state index in [1.165, 1.54) is 0 Å². The van der Waals surface area contributed by atoms with Crippen molar-refractivity contribution in [3.63, 3.8) is 0 Å². The van der Waals surface area contributed by atoms with Gasteiger partial charge in [-0.15, -0.1) is 0 Å². The summed E-state index contributed by atoms with van der Waals surface area (Å²) in [6.45, 7) is 4.21. The highest BCUT2D eigenvalue weighted by Crippen LogP contribution is 2.27. The Balaban J connectivity index is 1.77. The van der Waals surface area contributed by atoms with Gasteiger partial charge in [-0.25, -0.2) is 8.42 Å². The summed E-state index contributed by atoms with van der Waals surface area (Å²) in [4.78, 5) is 26.1. The number of nitrogens with zero attached hydrogens (tertiary/aromatic N) is 1. The average molecular weight is 404 g/mol. The summed E-state index contributed by atoms with van der Waals surface area (Å²) >= 11 is 0. The van der Waals surface area contributed by atoms with E-state index in [1.54, 1.807) is 11.0 Å². The molecule has 0 spiro atoms. The summed E-state index contributed by atoms with van der Waals surface area (Å²) in [6.07, 6.45) is 1.19. The van der Waals surface area contributed by atoms with Crippen molar-refractivity contribution in [2.45, 2.75) is 26.3 Å². The zero-order valence-corrected chi connectivity index (χ0v) is 16.9. The van der Waals surface area contributed by atoms with E-state index >= 15 is 0 Å². The maximum Gasteiger partial charge on any atom is 0.260 e. The highest BCUT2D eigenvalue weighted by Gasteiger charge is 2.35. The van der Waals surface area contributed by atoms with Crippen molar-refractivity contribution in [1.82, 2.24) is 4.90 Å². The van der Waals surface area contributed by atoms with Gasteiger partial charge in [-0.3, -0.25) is 9.59 Å². The number of benzene rings is 2. The summed E-state index contributed by atoms with van der Waals surface area (Å²) in [5.41, 5.74) is 0.407. The second kappa shape index (κ2) is 8.31. The van der Waals surface area contributed by atoms with Crippen molar-refractivity contribution in [3.05, 3.63) is 42.0 Å². The Morgan fingerprint density at radius 1 is 1.25 bits per heavy atom. The molecule has 28 heavy (non-hydrogen) atoms. The standard InChI is InChI=1S/C21H25NO5S/c1-15(2)11-22(17-9-10-28(25,26)14-17)21(24)13-27-20-8-7-16-5-3-4-6-18(16)19(20)12-23/h3-8,12,15,17H,9-11,13-14H2,1-2H3/t17-/m0/s1. The Kier molecular flexibility index (Phi) is 6.03. The zero-order valence-electron chi connectivity index (χ0n) is 16.1. The van der Waals surface area contributed by atoms with Gasteiger partial charge in [-0.05, 0) is 29.2 Å². The van der Waals surface area contributed by atoms with Crippen LogP contribution in [0.2, 0.25) is 0 Å². The molecule has 7 heteroatoms. The van der Waals surface area contributed by atoms with E-state index in [0.29, 0.717) is 24.3 Å². The lowest BCUT2D eigenvalue weighted by molar-refractivity contribution is -0.135.